The Morgan fingerprint density at radius 1 is 1.43 bits per heavy atom. The average Bonchev–Trinajstić information content (AvgIpc) is 2.02. The van der Waals surface area contributed by atoms with Gasteiger partial charge in [0.05, 0.1) is 6.42 Å². The zero-order valence-electron chi connectivity index (χ0n) is 8.24. The summed E-state index contributed by atoms with van der Waals surface area (Å²) in [6, 6.07) is 0. The van der Waals surface area contributed by atoms with Gasteiger partial charge in [-0.15, -0.1) is 0 Å². The van der Waals surface area contributed by atoms with Crippen LogP contribution in [0.15, 0.2) is 0 Å². The summed E-state index contributed by atoms with van der Waals surface area (Å²) < 4.78 is 35.1. The van der Waals surface area contributed by atoms with Crippen LogP contribution in [0.5, 0.6) is 0 Å². The molecule has 0 radical (unpaired) electrons. The summed E-state index contributed by atoms with van der Waals surface area (Å²) in [6.07, 6.45) is -5.19. The molecule has 0 aliphatic heterocycles. The highest BCUT2D eigenvalue weighted by molar-refractivity contribution is 5.78. The minimum atomic E-state index is -4.21. The Labute approximate surface area is 81.1 Å². The zero-order chi connectivity index (χ0) is 11.2. The smallest absolute Gasteiger partial charge is 0.355 e. The molecule has 0 fully saturated rings. The molecule has 0 saturated heterocycles. The maximum atomic E-state index is 11.7. The number of alkyl halides is 3. The van der Waals surface area contributed by atoms with Crippen molar-refractivity contribution in [2.24, 2.45) is 5.92 Å². The number of hydrogen-bond donors (Lipinski definition) is 2. The third-order valence-corrected chi connectivity index (χ3v) is 1.67. The van der Waals surface area contributed by atoms with Crippen LogP contribution in [0.1, 0.15) is 13.3 Å². The van der Waals surface area contributed by atoms with Crippen LogP contribution in [0.25, 0.3) is 0 Å². The fraction of sp³-hybridized carbons (Fsp3) is 0.875. The van der Waals surface area contributed by atoms with Gasteiger partial charge in [-0.2, -0.15) is 13.2 Å². The summed E-state index contributed by atoms with van der Waals surface area (Å²) in [7, 11) is 1.68. The molecule has 6 heteroatoms. The molecule has 1 atom stereocenters. The van der Waals surface area contributed by atoms with Crippen LogP contribution in [0.2, 0.25) is 0 Å². The first-order valence-electron chi connectivity index (χ1n) is 4.36. The maximum absolute atomic E-state index is 11.7. The van der Waals surface area contributed by atoms with Gasteiger partial charge in [-0.25, -0.2) is 0 Å². The topological polar surface area (TPSA) is 41.1 Å². The Hall–Kier alpha value is -0.780. The van der Waals surface area contributed by atoms with E-state index in [0.29, 0.717) is 6.54 Å². The number of carbonyl (C=O) groups is 1. The first-order valence-corrected chi connectivity index (χ1v) is 4.36. The van der Waals surface area contributed by atoms with Crippen molar-refractivity contribution < 1.29 is 18.0 Å². The molecule has 1 amide bonds. The van der Waals surface area contributed by atoms with E-state index in [-0.39, 0.29) is 18.4 Å². The summed E-state index contributed by atoms with van der Waals surface area (Å²) >= 11 is 0. The molecule has 0 spiro atoms. The van der Waals surface area contributed by atoms with Crippen LogP contribution in [0, 0.1) is 5.92 Å². The highest BCUT2D eigenvalue weighted by Crippen LogP contribution is 2.18. The first kappa shape index (κ1) is 13.2. The van der Waals surface area contributed by atoms with E-state index in [1.165, 1.54) is 0 Å². The quantitative estimate of drug-likeness (QED) is 0.711. The van der Waals surface area contributed by atoms with Crippen molar-refractivity contribution in [1.29, 1.82) is 0 Å². The lowest BCUT2D eigenvalue weighted by molar-refractivity contribution is -0.136. The molecule has 2 N–H and O–H groups in total. The number of carbonyl (C=O) groups excluding carboxylic acids is 1. The van der Waals surface area contributed by atoms with Crippen molar-refractivity contribution in [2.75, 3.05) is 20.1 Å². The van der Waals surface area contributed by atoms with Crippen molar-refractivity contribution in [3.8, 4) is 0 Å². The molecular formula is C8H15F3N2O. The summed E-state index contributed by atoms with van der Waals surface area (Å²) in [5, 5.41) is 5.00. The molecule has 3 nitrogen and oxygen atoms in total. The van der Waals surface area contributed by atoms with E-state index in [2.05, 4.69) is 10.6 Å². The highest BCUT2D eigenvalue weighted by atomic mass is 19.4. The zero-order valence-corrected chi connectivity index (χ0v) is 8.24. The molecular weight excluding hydrogens is 197 g/mol. The van der Waals surface area contributed by atoms with Gasteiger partial charge in [0, 0.05) is 19.0 Å². The maximum Gasteiger partial charge on any atom is 0.390 e. The summed E-state index contributed by atoms with van der Waals surface area (Å²) in [6.45, 7) is 1.76. The van der Waals surface area contributed by atoms with E-state index >= 15 is 0 Å². The molecule has 0 heterocycles. The predicted molar refractivity (Wildman–Crippen MR) is 46.8 cm³/mol. The predicted octanol–water partition coefficient (Wildman–Crippen LogP) is 0.910. The summed E-state index contributed by atoms with van der Waals surface area (Å²) in [5.41, 5.74) is 0. The number of halogens is 3. The molecule has 0 aliphatic carbocycles. The van der Waals surface area contributed by atoms with Crippen LogP contribution >= 0.6 is 0 Å². The molecule has 14 heavy (non-hydrogen) atoms. The molecule has 0 bridgehead atoms. The van der Waals surface area contributed by atoms with E-state index in [4.69, 9.17) is 0 Å². The molecule has 0 aromatic rings. The number of hydrogen-bond acceptors (Lipinski definition) is 2. The molecule has 0 aromatic heterocycles. The Kier molecular flexibility index (Phi) is 5.52. The van der Waals surface area contributed by atoms with E-state index in [0.717, 1.165) is 0 Å². The number of amides is 1. The second-order valence-corrected chi connectivity index (χ2v) is 3.11. The number of nitrogens with one attached hydrogen (secondary N) is 2. The van der Waals surface area contributed by atoms with Gasteiger partial charge in [-0.1, -0.05) is 6.92 Å². The SMILES string of the molecule is CNCC(C)C(=O)NCCC(F)(F)F. The largest absolute Gasteiger partial charge is 0.390 e. The molecule has 84 valence electrons. The lowest BCUT2D eigenvalue weighted by Gasteiger charge is -2.12. The normalized spacial score (nSPS) is 13.8. The van der Waals surface area contributed by atoms with Gasteiger partial charge < -0.3 is 10.6 Å². The monoisotopic (exact) mass is 212 g/mol. The summed E-state index contributed by atoms with van der Waals surface area (Å²) in [4.78, 5) is 11.1. The van der Waals surface area contributed by atoms with Crippen LogP contribution in [0.3, 0.4) is 0 Å². The third-order valence-electron chi connectivity index (χ3n) is 1.67. The number of rotatable bonds is 5. The minimum absolute atomic E-state index is 0.312. The lowest BCUT2D eigenvalue weighted by atomic mass is 10.1. The highest BCUT2D eigenvalue weighted by Gasteiger charge is 2.26. The van der Waals surface area contributed by atoms with Crippen molar-refractivity contribution in [1.82, 2.24) is 10.6 Å². The third kappa shape index (κ3) is 6.71. The second kappa shape index (κ2) is 5.85. The Bertz CT molecular complexity index is 182. The van der Waals surface area contributed by atoms with Crippen LogP contribution in [-0.4, -0.2) is 32.2 Å². The molecule has 0 saturated carbocycles. The van der Waals surface area contributed by atoms with Crippen LogP contribution in [0.4, 0.5) is 13.2 Å². The van der Waals surface area contributed by atoms with Crippen molar-refractivity contribution >= 4 is 5.91 Å². The molecule has 1 unspecified atom stereocenters. The lowest BCUT2D eigenvalue weighted by Crippen LogP contribution is -2.36. The Morgan fingerprint density at radius 3 is 2.43 bits per heavy atom. The van der Waals surface area contributed by atoms with Crippen LogP contribution < -0.4 is 10.6 Å². The van der Waals surface area contributed by atoms with E-state index in [1.807, 2.05) is 0 Å². The van der Waals surface area contributed by atoms with Crippen molar-refractivity contribution in [2.45, 2.75) is 19.5 Å². The van der Waals surface area contributed by atoms with Gasteiger partial charge in [0.25, 0.3) is 0 Å². The van der Waals surface area contributed by atoms with Gasteiger partial charge in [0.2, 0.25) is 5.91 Å². The fourth-order valence-corrected chi connectivity index (χ4v) is 0.901. The molecule has 0 aromatic carbocycles. The standard InChI is InChI=1S/C8H15F3N2O/c1-6(5-12-2)7(14)13-4-3-8(9,10)11/h6,12H,3-5H2,1-2H3,(H,13,14). The fourth-order valence-electron chi connectivity index (χ4n) is 0.901. The van der Waals surface area contributed by atoms with E-state index in [9.17, 15) is 18.0 Å². The Balaban J connectivity index is 3.64. The van der Waals surface area contributed by atoms with Gasteiger partial charge in [0.1, 0.15) is 0 Å². The first-order chi connectivity index (χ1) is 6.37. The van der Waals surface area contributed by atoms with Gasteiger partial charge >= 0.3 is 6.18 Å². The summed E-state index contributed by atoms with van der Waals surface area (Å²) in [5.74, 6) is -0.670. The molecule has 0 rings (SSSR count). The van der Waals surface area contributed by atoms with Crippen molar-refractivity contribution in [3.05, 3.63) is 0 Å². The van der Waals surface area contributed by atoms with Gasteiger partial charge in [-0.3, -0.25) is 4.79 Å². The van der Waals surface area contributed by atoms with Crippen molar-refractivity contribution in [3.63, 3.8) is 0 Å². The molecule has 0 aliphatic rings. The van der Waals surface area contributed by atoms with Crippen LogP contribution in [-0.2, 0) is 4.79 Å². The Morgan fingerprint density at radius 2 is 2.00 bits per heavy atom. The van der Waals surface area contributed by atoms with E-state index in [1.54, 1.807) is 14.0 Å². The second-order valence-electron chi connectivity index (χ2n) is 3.11. The minimum Gasteiger partial charge on any atom is -0.355 e. The van der Waals surface area contributed by atoms with Gasteiger partial charge in [-0.05, 0) is 7.05 Å². The average molecular weight is 212 g/mol. The van der Waals surface area contributed by atoms with Gasteiger partial charge in [0.15, 0.2) is 0 Å². The van der Waals surface area contributed by atoms with E-state index < -0.39 is 12.6 Å².